The van der Waals surface area contributed by atoms with Crippen LogP contribution >= 0.6 is 11.3 Å². The Labute approximate surface area is 155 Å². The first-order chi connectivity index (χ1) is 12.7. The monoisotopic (exact) mass is 368 g/mol. The number of nitrogens with one attached hydrogen (secondary N) is 1. The Morgan fingerprint density at radius 3 is 2.69 bits per heavy atom. The molecule has 0 unspecified atom stereocenters. The van der Waals surface area contributed by atoms with E-state index in [1.165, 1.54) is 17.8 Å². The lowest BCUT2D eigenvalue weighted by Gasteiger charge is -2.26. The normalized spacial score (nSPS) is 14.5. The molecule has 0 atom stereocenters. The molecule has 1 saturated heterocycles. The second-order valence-corrected chi connectivity index (χ2v) is 7.35. The Morgan fingerprint density at radius 2 is 1.92 bits per heavy atom. The number of hydrogen-bond donors (Lipinski definition) is 1. The standard InChI is InChI=1S/C20H20N2O3S/c23-16-11-17(22-9-5-2-6-10-22)25-18-15(13-26-19(16)18)20(24)21-12-14-7-3-1-4-8-14/h1,3-4,7-8,11,13H,2,5-6,9-10,12H2,(H,21,24). The van der Waals surface area contributed by atoms with Crippen LogP contribution in [0, 0.1) is 0 Å². The summed E-state index contributed by atoms with van der Waals surface area (Å²) in [6.07, 6.45) is 3.39. The van der Waals surface area contributed by atoms with Crippen LogP contribution in [0.15, 0.2) is 51.0 Å². The summed E-state index contributed by atoms with van der Waals surface area (Å²) in [6.45, 7) is 2.20. The summed E-state index contributed by atoms with van der Waals surface area (Å²) in [5.74, 6) is 0.344. The first kappa shape index (κ1) is 16.8. The van der Waals surface area contributed by atoms with Crippen LogP contribution in [-0.2, 0) is 6.54 Å². The molecule has 4 rings (SSSR count). The summed E-state index contributed by atoms with van der Waals surface area (Å²) in [5, 5.41) is 4.61. The number of rotatable bonds is 4. The maximum atomic E-state index is 12.6. The van der Waals surface area contributed by atoms with Crippen LogP contribution in [0.1, 0.15) is 35.2 Å². The molecule has 0 saturated carbocycles. The second-order valence-electron chi connectivity index (χ2n) is 6.47. The molecule has 3 aromatic rings. The fraction of sp³-hybridized carbons (Fsp3) is 0.300. The van der Waals surface area contributed by atoms with Crippen molar-refractivity contribution in [1.82, 2.24) is 5.32 Å². The zero-order valence-corrected chi connectivity index (χ0v) is 15.2. The summed E-state index contributed by atoms with van der Waals surface area (Å²) >= 11 is 1.26. The van der Waals surface area contributed by atoms with E-state index < -0.39 is 0 Å². The fourth-order valence-electron chi connectivity index (χ4n) is 3.23. The maximum Gasteiger partial charge on any atom is 0.256 e. The number of fused-ring (bicyclic) bond motifs is 1. The average molecular weight is 368 g/mol. The van der Waals surface area contributed by atoms with E-state index in [1.54, 1.807) is 11.4 Å². The summed E-state index contributed by atoms with van der Waals surface area (Å²) < 4.78 is 6.50. The molecular weight excluding hydrogens is 348 g/mol. The van der Waals surface area contributed by atoms with Crippen molar-refractivity contribution >= 4 is 33.4 Å². The van der Waals surface area contributed by atoms with E-state index in [2.05, 4.69) is 10.2 Å². The quantitative estimate of drug-likeness (QED) is 0.761. The van der Waals surface area contributed by atoms with Crippen LogP contribution in [-0.4, -0.2) is 19.0 Å². The Hall–Kier alpha value is -2.60. The number of anilines is 1. The number of hydrogen-bond acceptors (Lipinski definition) is 5. The van der Waals surface area contributed by atoms with Crippen molar-refractivity contribution in [3.63, 3.8) is 0 Å². The number of benzene rings is 1. The molecule has 0 aliphatic carbocycles. The van der Waals surface area contributed by atoms with Gasteiger partial charge in [-0.25, -0.2) is 0 Å². The Kier molecular flexibility index (Phi) is 4.75. The lowest BCUT2D eigenvalue weighted by molar-refractivity contribution is 0.0952. The minimum Gasteiger partial charge on any atom is -0.439 e. The Balaban J connectivity index is 1.61. The third kappa shape index (κ3) is 3.37. The molecule has 5 nitrogen and oxygen atoms in total. The molecule has 2 aromatic heterocycles. The van der Waals surface area contributed by atoms with Gasteiger partial charge in [0.1, 0.15) is 4.70 Å². The zero-order chi connectivity index (χ0) is 17.9. The lowest BCUT2D eigenvalue weighted by atomic mass is 10.1. The van der Waals surface area contributed by atoms with Crippen LogP contribution in [0.25, 0.3) is 10.3 Å². The molecule has 0 spiro atoms. The third-order valence-electron chi connectivity index (χ3n) is 4.64. The zero-order valence-electron chi connectivity index (χ0n) is 14.4. The van der Waals surface area contributed by atoms with E-state index in [4.69, 9.17) is 4.42 Å². The summed E-state index contributed by atoms with van der Waals surface area (Å²) in [5.41, 5.74) is 1.76. The van der Waals surface area contributed by atoms with Crippen LogP contribution in [0.4, 0.5) is 5.88 Å². The molecule has 6 heteroatoms. The van der Waals surface area contributed by atoms with Crippen molar-refractivity contribution in [2.75, 3.05) is 18.0 Å². The highest BCUT2D eigenvalue weighted by Crippen LogP contribution is 2.28. The maximum absolute atomic E-state index is 12.6. The number of carbonyl (C=O) groups excluding carboxylic acids is 1. The van der Waals surface area contributed by atoms with Gasteiger partial charge in [0.15, 0.2) is 11.5 Å². The summed E-state index contributed by atoms with van der Waals surface area (Å²) in [6, 6.07) is 11.3. The van der Waals surface area contributed by atoms with Crippen LogP contribution in [0.2, 0.25) is 0 Å². The highest BCUT2D eigenvalue weighted by molar-refractivity contribution is 7.17. The molecular formula is C20H20N2O3S. The highest BCUT2D eigenvalue weighted by atomic mass is 32.1. The number of carbonyl (C=O) groups is 1. The number of piperidine rings is 1. The van der Waals surface area contributed by atoms with Gasteiger partial charge in [-0.2, -0.15) is 0 Å². The van der Waals surface area contributed by atoms with Crippen molar-refractivity contribution in [3.8, 4) is 0 Å². The van der Waals surface area contributed by atoms with Gasteiger partial charge < -0.3 is 14.6 Å². The first-order valence-corrected chi connectivity index (χ1v) is 9.73. The van der Waals surface area contributed by atoms with Gasteiger partial charge in [-0.15, -0.1) is 11.3 Å². The van der Waals surface area contributed by atoms with E-state index in [-0.39, 0.29) is 11.3 Å². The molecule has 1 N–H and O–H groups in total. The van der Waals surface area contributed by atoms with Gasteiger partial charge in [0, 0.05) is 31.1 Å². The van der Waals surface area contributed by atoms with Crippen molar-refractivity contribution in [3.05, 3.63) is 63.1 Å². The first-order valence-electron chi connectivity index (χ1n) is 8.85. The highest BCUT2D eigenvalue weighted by Gasteiger charge is 2.20. The molecule has 1 amide bonds. The van der Waals surface area contributed by atoms with E-state index in [1.807, 2.05) is 30.3 Å². The van der Waals surface area contributed by atoms with E-state index >= 15 is 0 Å². The topological polar surface area (TPSA) is 62.6 Å². The van der Waals surface area contributed by atoms with Crippen LogP contribution in [0.3, 0.4) is 0 Å². The predicted molar refractivity (Wildman–Crippen MR) is 104 cm³/mol. The third-order valence-corrected chi connectivity index (χ3v) is 5.61. The van der Waals surface area contributed by atoms with Gasteiger partial charge in [0.25, 0.3) is 5.91 Å². The molecule has 1 aliphatic heterocycles. The number of nitrogens with zero attached hydrogens (tertiary/aromatic N) is 1. The van der Waals surface area contributed by atoms with Crippen molar-refractivity contribution in [2.45, 2.75) is 25.8 Å². The molecule has 1 aromatic carbocycles. The van der Waals surface area contributed by atoms with E-state index in [0.29, 0.717) is 28.3 Å². The van der Waals surface area contributed by atoms with Gasteiger partial charge in [-0.05, 0) is 24.8 Å². The van der Waals surface area contributed by atoms with Gasteiger partial charge in [-0.1, -0.05) is 30.3 Å². The van der Waals surface area contributed by atoms with Crippen molar-refractivity contribution < 1.29 is 9.21 Å². The fourth-order valence-corrected chi connectivity index (χ4v) is 4.11. The molecule has 0 radical (unpaired) electrons. The minimum absolute atomic E-state index is 0.0843. The molecule has 3 heterocycles. The van der Waals surface area contributed by atoms with Gasteiger partial charge in [-0.3, -0.25) is 9.59 Å². The van der Waals surface area contributed by atoms with Crippen LogP contribution < -0.4 is 15.6 Å². The second kappa shape index (κ2) is 7.33. The van der Waals surface area contributed by atoms with Gasteiger partial charge >= 0.3 is 0 Å². The minimum atomic E-state index is -0.223. The molecule has 1 fully saturated rings. The predicted octanol–water partition coefficient (Wildman–Crippen LogP) is 3.77. The summed E-state index contributed by atoms with van der Waals surface area (Å²) in [7, 11) is 0. The van der Waals surface area contributed by atoms with Crippen molar-refractivity contribution in [1.29, 1.82) is 0 Å². The van der Waals surface area contributed by atoms with Gasteiger partial charge in [0.2, 0.25) is 5.43 Å². The van der Waals surface area contributed by atoms with Gasteiger partial charge in [0.05, 0.1) is 5.56 Å². The molecule has 134 valence electrons. The van der Waals surface area contributed by atoms with E-state index in [9.17, 15) is 9.59 Å². The Bertz CT molecular complexity index is 972. The largest absolute Gasteiger partial charge is 0.439 e. The Morgan fingerprint density at radius 1 is 1.15 bits per heavy atom. The van der Waals surface area contributed by atoms with Crippen molar-refractivity contribution in [2.24, 2.45) is 0 Å². The number of thiophene rings is 1. The SMILES string of the molecule is O=C(NCc1ccccc1)c1csc2c(=O)cc(N3CCCCC3)oc12. The van der Waals surface area contributed by atoms with Crippen LogP contribution in [0.5, 0.6) is 0 Å². The number of amides is 1. The average Bonchev–Trinajstić information content (AvgIpc) is 3.12. The van der Waals surface area contributed by atoms with E-state index in [0.717, 1.165) is 31.5 Å². The molecule has 0 bridgehead atoms. The molecule has 1 aliphatic rings. The smallest absolute Gasteiger partial charge is 0.256 e. The molecule has 26 heavy (non-hydrogen) atoms. The summed E-state index contributed by atoms with van der Waals surface area (Å²) in [4.78, 5) is 27.2. The lowest BCUT2D eigenvalue weighted by Crippen LogP contribution is -2.30.